The second-order valence-corrected chi connectivity index (χ2v) is 7.56. The number of anilines is 1. The van der Waals surface area contributed by atoms with Crippen molar-refractivity contribution < 1.29 is 13.6 Å². The Balaban J connectivity index is 1.62. The Kier molecular flexibility index (Phi) is 6.42. The van der Waals surface area contributed by atoms with Crippen molar-refractivity contribution in [2.24, 2.45) is 0 Å². The predicted octanol–water partition coefficient (Wildman–Crippen LogP) is 5.95. The van der Waals surface area contributed by atoms with Gasteiger partial charge in [0.05, 0.1) is 11.4 Å². The number of carbonyl (C=O) groups excluding carboxylic acids is 1. The van der Waals surface area contributed by atoms with Crippen LogP contribution < -0.4 is 5.32 Å². The van der Waals surface area contributed by atoms with Crippen LogP contribution in [0, 0.1) is 5.82 Å². The largest absolute Gasteiger partial charge is 0.332 e. The number of nitrogens with zero attached hydrogens (tertiary/aromatic N) is 2. The van der Waals surface area contributed by atoms with Crippen molar-refractivity contribution >= 4 is 29.6 Å². The van der Waals surface area contributed by atoms with Crippen LogP contribution in [0.2, 0.25) is 0 Å². The second-order valence-electron chi connectivity index (χ2n) is 6.76. The molecule has 0 saturated heterocycles. The zero-order valence-corrected chi connectivity index (χ0v) is 17.8. The van der Waals surface area contributed by atoms with Crippen LogP contribution in [0.3, 0.4) is 0 Å². The number of aromatic amines is 1. The standard InChI is InChI=1S/C24H18F2N4OS/c1-32-24-29-21(16-7-9-18(25)10-8-16)22(30-24)17-11-12-27-20(14-17)28-23(31)19(26)13-15-5-3-2-4-6-15/h2-14H,1H3,(H,29,30)(H,27,28,31)/b19-13-. The van der Waals surface area contributed by atoms with Gasteiger partial charge in [-0.2, -0.15) is 0 Å². The molecular formula is C24H18F2N4OS. The first kappa shape index (κ1) is 21.5. The Morgan fingerprint density at radius 2 is 1.81 bits per heavy atom. The maximum atomic E-state index is 14.3. The molecule has 0 spiro atoms. The van der Waals surface area contributed by atoms with E-state index in [0.717, 1.165) is 11.6 Å². The monoisotopic (exact) mass is 448 g/mol. The molecule has 1 amide bonds. The van der Waals surface area contributed by atoms with E-state index in [0.29, 0.717) is 27.7 Å². The highest BCUT2D eigenvalue weighted by Crippen LogP contribution is 2.33. The van der Waals surface area contributed by atoms with Gasteiger partial charge in [0.2, 0.25) is 0 Å². The van der Waals surface area contributed by atoms with Crippen molar-refractivity contribution in [1.29, 1.82) is 0 Å². The van der Waals surface area contributed by atoms with Gasteiger partial charge in [0.15, 0.2) is 11.0 Å². The highest BCUT2D eigenvalue weighted by Gasteiger charge is 2.16. The van der Waals surface area contributed by atoms with E-state index in [9.17, 15) is 13.6 Å². The van der Waals surface area contributed by atoms with Gasteiger partial charge in [-0.15, -0.1) is 0 Å². The normalized spacial score (nSPS) is 11.4. The highest BCUT2D eigenvalue weighted by molar-refractivity contribution is 7.98. The van der Waals surface area contributed by atoms with Gasteiger partial charge in [0.1, 0.15) is 11.6 Å². The Labute approximate surface area is 187 Å². The summed E-state index contributed by atoms with van der Waals surface area (Å²) in [5.74, 6) is -1.98. The number of pyridine rings is 1. The van der Waals surface area contributed by atoms with Gasteiger partial charge in [-0.1, -0.05) is 42.1 Å². The molecule has 32 heavy (non-hydrogen) atoms. The van der Waals surface area contributed by atoms with Crippen molar-refractivity contribution in [3.63, 3.8) is 0 Å². The summed E-state index contributed by atoms with van der Waals surface area (Å²) in [5, 5.41) is 3.15. The van der Waals surface area contributed by atoms with Crippen LogP contribution in [0.15, 0.2) is 83.9 Å². The lowest BCUT2D eigenvalue weighted by Crippen LogP contribution is -2.13. The molecule has 160 valence electrons. The van der Waals surface area contributed by atoms with Crippen molar-refractivity contribution in [3.8, 4) is 22.5 Å². The van der Waals surface area contributed by atoms with Gasteiger partial charge < -0.3 is 10.3 Å². The third-order valence-electron chi connectivity index (χ3n) is 4.59. The molecule has 0 atom stereocenters. The number of aromatic nitrogens is 3. The summed E-state index contributed by atoms with van der Waals surface area (Å²) in [4.78, 5) is 24.2. The van der Waals surface area contributed by atoms with Gasteiger partial charge in [-0.3, -0.25) is 4.79 Å². The number of H-pyrrole nitrogens is 1. The summed E-state index contributed by atoms with van der Waals surface area (Å²) >= 11 is 1.43. The van der Waals surface area contributed by atoms with Crippen molar-refractivity contribution in [3.05, 3.63) is 90.1 Å². The molecule has 0 aliphatic carbocycles. The van der Waals surface area contributed by atoms with Crippen molar-refractivity contribution in [2.45, 2.75) is 5.16 Å². The van der Waals surface area contributed by atoms with E-state index >= 15 is 0 Å². The summed E-state index contributed by atoms with van der Waals surface area (Å²) in [5.41, 5.74) is 3.31. The van der Waals surface area contributed by atoms with E-state index in [1.54, 1.807) is 48.5 Å². The van der Waals surface area contributed by atoms with Crippen LogP contribution in [-0.2, 0) is 4.79 Å². The first-order valence-electron chi connectivity index (χ1n) is 9.63. The fourth-order valence-electron chi connectivity index (χ4n) is 3.07. The third kappa shape index (κ3) is 4.92. The fourth-order valence-corrected chi connectivity index (χ4v) is 3.45. The Bertz CT molecular complexity index is 1270. The number of benzene rings is 2. The minimum absolute atomic E-state index is 0.183. The number of thioether (sulfide) groups is 1. The topological polar surface area (TPSA) is 70.7 Å². The lowest BCUT2D eigenvalue weighted by Gasteiger charge is -2.07. The molecule has 2 aromatic carbocycles. The maximum absolute atomic E-state index is 14.3. The lowest BCUT2D eigenvalue weighted by molar-refractivity contribution is -0.114. The molecule has 4 rings (SSSR count). The molecule has 0 aliphatic heterocycles. The summed E-state index contributed by atoms with van der Waals surface area (Å²) in [6.45, 7) is 0. The first-order valence-corrected chi connectivity index (χ1v) is 10.9. The molecule has 0 bridgehead atoms. The molecule has 0 fully saturated rings. The minimum atomic E-state index is -0.931. The van der Waals surface area contributed by atoms with E-state index in [1.807, 2.05) is 12.3 Å². The van der Waals surface area contributed by atoms with E-state index < -0.39 is 11.7 Å². The number of rotatable bonds is 6. The van der Waals surface area contributed by atoms with Crippen LogP contribution in [0.25, 0.3) is 28.6 Å². The van der Waals surface area contributed by atoms with Crippen molar-refractivity contribution in [2.75, 3.05) is 11.6 Å². The van der Waals surface area contributed by atoms with E-state index in [2.05, 4.69) is 20.3 Å². The van der Waals surface area contributed by atoms with Crippen molar-refractivity contribution in [1.82, 2.24) is 15.0 Å². The maximum Gasteiger partial charge on any atom is 0.285 e. The molecule has 0 radical (unpaired) electrons. The smallest absolute Gasteiger partial charge is 0.285 e. The average molecular weight is 448 g/mol. The molecule has 2 heterocycles. The number of hydrogen-bond donors (Lipinski definition) is 2. The second kappa shape index (κ2) is 9.57. The van der Waals surface area contributed by atoms with Gasteiger partial charge >= 0.3 is 0 Å². The van der Waals surface area contributed by atoms with Crippen LogP contribution in [0.1, 0.15) is 5.56 Å². The number of carbonyl (C=O) groups is 1. The molecule has 2 N–H and O–H groups in total. The number of halogens is 2. The zero-order valence-electron chi connectivity index (χ0n) is 17.0. The summed E-state index contributed by atoms with van der Waals surface area (Å²) in [6, 6.07) is 18.1. The summed E-state index contributed by atoms with van der Waals surface area (Å²) in [6.07, 6.45) is 4.55. The van der Waals surface area contributed by atoms with Crippen LogP contribution in [-0.4, -0.2) is 27.1 Å². The Hall–Kier alpha value is -3.78. The molecule has 0 saturated carbocycles. The van der Waals surface area contributed by atoms with Gasteiger partial charge in [0.25, 0.3) is 5.91 Å². The van der Waals surface area contributed by atoms with E-state index in [4.69, 9.17) is 0 Å². The molecule has 2 aromatic heterocycles. The Morgan fingerprint density at radius 1 is 1.06 bits per heavy atom. The molecule has 0 unspecified atom stereocenters. The van der Waals surface area contributed by atoms with Gasteiger partial charge in [0, 0.05) is 17.3 Å². The van der Waals surface area contributed by atoms with E-state index in [-0.39, 0.29) is 11.6 Å². The highest BCUT2D eigenvalue weighted by atomic mass is 32.2. The number of amides is 1. The number of nitrogens with one attached hydrogen (secondary N) is 2. The third-order valence-corrected chi connectivity index (χ3v) is 5.17. The summed E-state index contributed by atoms with van der Waals surface area (Å²) < 4.78 is 27.7. The fraction of sp³-hybridized carbons (Fsp3) is 0.0417. The molecular weight excluding hydrogens is 430 g/mol. The zero-order chi connectivity index (χ0) is 22.5. The SMILES string of the molecule is CSc1nc(-c2ccnc(NC(=O)/C(F)=C/c3ccccc3)c2)c(-c2ccc(F)cc2)[nH]1. The average Bonchev–Trinajstić information content (AvgIpc) is 3.25. The molecule has 5 nitrogen and oxygen atoms in total. The molecule has 0 aliphatic rings. The number of hydrogen-bond acceptors (Lipinski definition) is 4. The van der Waals surface area contributed by atoms with Gasteiger partial charge in [-0.05, 0) is 54.3 Å². The minimum Gasteiger partial charge on any atom is -0.332 e. The number of imidazole rings is 1. The molecule has 8 heteroatoms. The molecule has 4 aromatic rings. The summed E-state index contributed by atoms with van der Waals surface area (Å²) in [7, 11) is 0. The van der Waals surface area contributed by atoms with Crippen LogP contribution in [0.4, 0.5) is 14.6 Å². The van der Waals surface area contributed by atoms with Gasteiger partial charge in [-0.25, -0.2) is 18.7 Å². The lowest BCUT2D eigenvalue weighted by atomic mass is 10.1. The predicted molar refractivity (Wildman–Crippen MR) is 123 cm³/mol. The van der Waals surface area contributed by atoms with Crippen LogP contribution >= 0.6 is 11.8 Å². The first-order chi connectivity index (χ1) is 15.5. The van der Waals surface area contributed by atoms with Crippen LogP contribution in [0.5, 0.6) is 0 Å². The quantitative estimate of drug-likeness (QED) is 0.283. The van der Waals surface area contributed by atoms with E-state index in [1.165, 1.54) is 30.1 Å². The Morgan fingerprint density at radius 3 is 2.53 bits per heavy atom.